The number of benzene rings is 1. The zero-order chi connectivity index (χ0) is 12.8. The quantitative estimate of drug-likeness (QED) is 0.871. The number of halogens is 2. The van der Waals surface area contributed by atoms with Gasteiger partial charge in [-0.1, -0.05) is 36.2 Å². The minimum atomic E-state index is -0.00451. The molecule has 0 heterocycles. The van der Waals surface area contributed by atoms with Gasteiger partial charge in [0, 0.05) is 22.6 Å². The van der Waals surface area contributed by atoms with Crippen molar-refractivity contribution < 1.29 is 0 Å². The lowest BCUT2D eigenvalue weighted by Crippen LogP contribution is -2.25. The Kier molecular flexibility index (Phi) is 5.77. The number of rotatable bonds is 5. The minimum Gasteiger partial charge on any atom is -0.309 e. The molecule has 4 heteroatoms. The zero-order valence-electron chi connectivity index (χ0n) is 10.0. The number of nitrogens with one attached hydrogen (secondary N) is 1. The van der Waals surface area contributed by atoms with Crippen molar-refractivity contribution in [3.63, 3.8) is 0 Å². The van der Waals surface area contributed by atoms with Crippen molar-refractivity contribution in [2.24, 2.45) is 5.92 Å². The maximum absolute atomic E-state index is 8.75. The molecule has 0 fully saturated rings. The molecule has 2 nitrogen and oxygen atoms in total. The van der Waals surface area contributed by atoms with Crippen LogP contribution in [0.4, 0.5) is 0 Å². The SMILES string of the molecule is CCC(NCC(C)C#N)c1ccc(Cl)cc1Cl. The van der Waals surface area contributed by atoms with E-state index in [0.717, 1.165) is 12.0 Å². The normalized spacial score (nSPS) is 14.1. The van der Waals surface area contributed by atoms with Gasteiger partial charge in [-0.3, -0.25) is 0 Å². The molecule has 2 atom stereocenters. The highest BCUT2D eigenvalue weighted by Crippen LogP contribution is 2.28. The fourth-order valence-corrected chi connectivity index (χ4v) is 2.16. The molecule has 0 aliphatic heterocycles. The van der Waals surface area contributed by atoms with Crippen LogP contribution in [0.5, 0.6) is 0 Å². The lowest BCUT2D eigenvalue weighted by atomic mass is 10.0. The fourth-order valence-electron chi connectivity index (χ4n) is 1.62. The standard InChI is InChI=1S/C13H16Cl2N2/c1-3-13(17-8-9(2)7-16)11-5-4-10(14)6-12(11)15/h4-6,9,13,17H,3,8H2,1-2H3. The summed E-state index contributed by atoms with van der Waals surface area (Å²) in [5.74, 6) is -0.00451. The van der Waals surface area contributed by atoms with Gasteiger partial charge in [0.1, 0.15) is 0 Å². The Labute approximate surface area is 113 Å². The average Bonchev–Trinajstić information content (AvgIpc) is 2.31. The van der Waals surface area contributed by atoms with E-state index >= 15 is 0 Å². The van der Waals surface area contributed by atoms with Gasteiger partial charge in [0.05, 0.1) is 12.0 Å². The predicted molar refractivity (Wildman–Crippen MR) is 72.3 cm³/mol. The topological polar surface area (TPSA) is 35.8 Å². The largest absolute Gasteiger partial charge is 0.309 e. The molecular weight excluding hydrogens is 255 g/mol. The second kappa shape index (κ2) is 6.86. The maximum Gasteiger partial charge on any atom is 0.0666 e. The van der Waals surface area contributed by atoms with Gasteiger partial charge in [0.25, 0.3) is 0 Å². The summed E-state index contributed by atoms with van der Waals surface area (Å²) in [6, 6.07) is 7.88. The summed E-state index contributed by atoms with van der Waals surface area (Å²) in [5.41, 5.74) is 1.03. The fraction of sp³-hybridized carbons (Fsp3) is 0.462. The summed E-state index contributed by atoms with van der Waals surface area (Å²) in [5, 5.41) is 13.4. The van der Waals surface area contributed by atoms with Crippen LogP contribution in [-0.4, -0.2) is 6.54 Å². The van der Waals surface area contributed by atoms with Crippen LogP contribution in [0.25, 0.3) is 0 Å². The first-order chi connectivity index (χ1) is 8.08. The Balaban J connectivity index is 2.76. The minimum absolute atomic E-state index is 0.00451. The zero-order valence-corrected chi connectivity index (χ0v) is 11.5. The molecule has 1 aromatic carbocycles. The van der Waals surface area contributed by atoms with Crippen LogP contribution in [0.1, 0.15) is 31.9 Å². The van der Waals surface area contributed by atoms with E-state index in [0.29, 0.717) is 16.6 Å². The Hall–Kier alpha value is -0.750. The van der Waals surface area contributed by atoms with Gasteiger partial charge in [-0.2, -0.15) is 5.26 Å². The first-order valence-electron chi connectivity index (χ1n) is 5.66. The molecule has 0 amide bonds. The third-order valence-electron chi connectivity index (χ3n) is 2.64. The summed E-state index contributed by atoms with van der Waals surface area (Å²) in [6.45, 7) is 4.64. The molecule has 0 aliphatic carbocycles. The molecule has 0 radical (unpaired) electrons. The predicted octanol–water partition coefficient (Wildman–Crippen LogP) is 4.19. The first-order valence-corrected chi connectivity index (χ1v) is 6.42. The summed E-state index contributed by atoms with van der Waals surface area (Å²) in [6.07, 6.45) is 0.916. The van der Waals surface area contributed by atoms with E-state index in [2.05, 4.69) is 18.3 Å². The van der Waals surface area contributed by atoms with Crippen molar-refractivity contribution in [3.8, 4) is 6.07 Å². The van der Waals surface area contributed by atoms with Gasteiger partial charge >= 0.3 is 0 Å². The van der Waals surface area contributed by atoms with E-state index in [-0.39, 0.29) is 12.0 Å². The summed E-state index contributed by atoms with van der Waals surface area (Å²) >= 11 is 12.0. The van der Waals surface area contributed by atoms with Gasteiger partial charge < -0.3 is 5.32 Å². The number of nitriles is 1. The van der Waals surface area contributed by atoms with Crippen LogP contribution in [0.3, 0.4) is 0 Å². The van der Waals surface area contributed by atoms with Crippen molar-refractivity contribution in [1.82, 2.24) is 5.32 Å². The van der Waals surface area contributed by atoms with E-state index in [9.17, 15) is 0 Å². The second-order valence-corrected chi connectivity index (χ2v) is 4.91. The van der Waals surface area contributed by atoms with Crippen LogP contribution in [0.15, 0.2) is 18.2 Å². The third kappa shape index (κ3) is 4.20. The van der Waals surface area contributed by atoms with Gasteiger partial charge in [0.2, 0.25) is 0 Å². The summed E-state index contributed by atoms with van der Waals surface area (Å²) < 4.78 is 0. The molecule has 0 saturated carbocycles. The Morgan fingerprint density at radius 1 is 1.41 bits per heavy atom. The van der Waals surface area contributed by atoms with Gasteiger partial charge in [-0.05, 0) is 31.0 Å². The molecule has 0 spiro atoms. The van der Waals surface area contributed by atoms with Crippen LogP contribution in [0.2, 0.25) is 10.0 Å². The average molecular weight is 271 g/mol. The highest BCUT2D eigenvalue weighted by molar-refractivity contribution is 6.35. The Bertz CT molecular complexity index is 412. The van der Waals surface area contributed by atoms with E-state index in [1.54, 1.807) is 6.07 Å². The summed E-state index contributed by atoms with van der Waals surface area (Å²) in [4.78, 5) is 0. The van der Waals surface area contributed by atoms with Crippen molar-refractivity contribution in [2.45, 2.75) is 26.3 Å². The summed E-state index contributed by atoms with van der Waals surface area (Å²) in [7, 11) is 0. The molecule has 0 aliphatic rings. The molecule has 1 aromatic rings. The van der Waals surface area contributed by atoms with E-state index < -0.39 is 0 Å². The highest BCUT2D eigenvalue weighted by Gasteiger charge is 2.13. The van der Waals surface area contributed by atoms with Crippen LogP contribution < -0.4 is 5.32 Å². The van der Waals surface area contributed by atoms with Gasteiger partial charge in [-0.15, -0.1) is 0 Å². The third-order valence-corrected chi connectivity index (χ3v) is 3.20. The second-order valence-electron chi connectivity index (χ2n) is 4.07. The monoisotopic (exact) mass is 270 g/mol. The van der Waals surface area contributed by atoms with E-state index in [1.807, 2.05) is 19.1 Å². The highest BCUT2D eigenvalue weighted by atomic mass is 35.5. The van der Waals surface area contributed by atoms with Crippen molar-refractivity contribution in [2.75, 3.05) is 6.54 Å². The molecule has 17 heavy (non-hydrogen) atoms. The van der Waals surface area contributed by atoms with Crippen LogP contribution >= 0.6 is 23.2 Å². The molecule has 2 unspecified atom stereocenters. The Morgan fingerprint density at radius 2 is 2.12 bits per heavy atom. The lowest BCUT2D eigenvalue weighted by molar-refractivity contribution is 0.488. The molecule has 0 bridgehead atoms. The molecule has 0 saturated heterocycles. The lowest BCUT2D eigenvalue weighted by Gasteiger charge is -2.19. The molecule has 1 rings (SSSR count). The van der Waals surface area contributed by atoms with Gasteiger partial charge in [0.15, 0.2) is 0 Å². The number of hydrogen-bond donors (Lipinski definition) is 1. The van der Waals surface area contributed by atoms with Crippen LogP contribution in [0, 0.1) is 17.2 Å². The van der Waals surface area contributed by atoms with Crippen molar-refractivity contribution >= 4 is 23.2 Å². The molecular formula is C13H16Cl2N2. The number of hydrogen-bond acceptors (Lipinski definition) is 2. The molecule has 0 aromatic heterocycles. The van der Waals surface area contributed by atoms with Gasteiger partial charge in [-0.25, -0.2) is 0 Å². The molecule has 92 valence electrons. The number of nitrogens with zero attached hydrogens (tertiary/aromatic N) is 1. The van der Waals surface area contributed by atoms with Crippen molar-refractivity contribution in [1.29, 1.82) is 5.26 Å². The van der Waals surface area contributed by atoms with Crippen LogP contribution in [-0.2, 0) is 0 Å². The van der Waals surface area contributed by atoms with E-state index in [1.165, 1.54) is 0 Å². The maximum atomic E-state index is 8.75. The smallest absolute Gasteiger partial charge is 0.0666 e. The Morgan fingerprint density at radius 3 is 2.65 bits per heavy atom. The first kappa shape index (κ1) is 14.3. The van der Waals surface area contributed by atoms with Crippen molar-refractivity contribution in [3.05, 3.63) is 33.8 Å². The molecule has 1 N–H and O–H groups in total. The van der Waals surface area contributed by atoms with E-state index in [4.69, 9.17) is 28.5 Å².